The standard InChI is InChI=1S/C10H13ClN4O2/c1-6-4-8(14-10(11)13-6)15-2-3-17-5-7(15)9(12)16/h4,7H,2-3,5H2,1H3,(H2,12,16). The molecule has 7 heteroatoms. The van der Waals surface area contributed by atoms with Crippen LogP contribution in [0.1, 0.15) is 5.69 Å². The zero-order valence-corrected chi connectivity index (χ0v) is 10.1. The number of aromatic nitrogens is 2. The predicted octanol–water partition coefficient (Wildman–Crippen LogP) is 0.129. The summed E-state index contributed by atoms with van der Waals surface area (Å²) in [5, 5.41) is 0.162. The summed E-state index contributed by atoms with van der Waals surface area (Å²) in [6.07, 6.45) is 0. The first-order chi connectivity index (χ1) is 8.08. The Hall–Kier alpha value is -1.40. The van der Waals surface area contributed by atoms with Crippen LogP contribution in [-0.4, -0.2) is 41.7 Å². The lowest BCUT2D eigenvalue weighted by molar-refractivity contribution is -0.121. The molecule has 1 atom stereocenters. The SMILES string of the molecule is Cc1cc(N2CCOCC2C(N)=O)nc(Cl)n1. The Morgan fingerprint density at radius 3 is 3.06 bits per heavy atom. The van der Waals surface area contributed by atoms with E-state index < -0.39 is 11.9 Å². The van der Waals surface area contributed by atoms with Crippen molar-refractivity contribution in [2.45, 2.75) is 13.0 Å². The number of ether oxygens (including phenoxy) is 1. The Kier molecular flexibility index (Phi) is 3.44. The Bertz CT molecular complexity index is 420. The van der Waals surface area contributed by atoms with Gasteiger partial charge in [-0.2, -0.15) is 0 Å². The fourth-order valence-electron chi connectivity index (χ4n) is 1.78. The third kappa shape index (κ3) is 2.65. The highest BCUT2D eigenvalue weighted by Crippen LogP contribution is 2.19. The lowest BCUT2D eigenvalue weighted by atomic mass is 10.2. The summed E-state index contributed by atoms with van der Waals surface area (Å²) in [6.45, 7) is 3.18. The highest BCUT2D eigenvalue weighted by Gasteiger charge is 2.29. The molecule has 1 unspecified atom stereocenters. The fourth-order valence-corrected chi connectivity index (χ4v) is 2.00. The van der Waals surface area contributed by atoms with E-state index in [1.54, 1.807) is 11.0 Å². The molecular weight excluding hydrogens is 244 g/mol. The second-order valence-electron chi connectivity index (χ2n) is 3.82. The number of anilines is 1. The summed E-state index contributed by atoms with van der Waals surface area (Å²) in [7, 11) is 0. The van der Waals surface area contributed by atoms with Crippen molar-refractivity contribution in [1.29, 1.82) is 0 Å². The molecule has 2 rings (SSSR count). The van der Waals surface area contributed by atoms with Gasteiger partial charge in [-0.15, -0.1) is 0 Å². The van der Waals surface area contributed by atoms with Crippen LogP contribution >= 0.6 is 11.6 Å². The zero-order chi connectivity index (χ0) is 12.4. The lowest BCUT2D eigenvalue weighted by Gasteiger charge is -2.34. The molecule has 0 aromatic carbocycles. The van der Waals surface area contributed by atoms with Gasteiger partial charge in [0.25, 0.3) is 0 Å². The van der Waals surface area contributed by atoms with E-state index in [0.717, 1.165) is 5.69 Å². The molecule has 1 fully saturated rings. The van der Waals surface area contributed by atoms with E-state index in [-0.39, 0.29) is 11.9 Å². The maximum atomic E-state index is 11.3. The molecule has 6 nitrogen and oxygen atoms in total. The van der Waals surface area contributed by atoms with Crippen LogP contribution in [0.15, 0.2) is 6.07 Å². The number of hydrogen-bond acceptors (Lipinski definition) is 5. The molecule has 1 aromatic rings. The Balaban J connectivity index is 2.32. The van der Waals surface area contributed by atoms with Crippen molar-refractivity contribution in [3.63, 3.8) is 0 Å². The Labute approximate surface area is 104 Å². The summed E-state index contributed by atoms with van der Waals surface area (Å²) in [4.78, 5) is 21.2. The molecular formula is C10H13ClN4O2. The minimum Gasteiger partial charge on any atom is -0.377 e. The monoisotopic (exact) mass is 256 g/mol. The van der Waals surface area contributed by atoms with Gasteiger partial charge in [0.1, 0.15) is 11.9 Å². The van der Waals surface area contributed by atoms with E-state index in [1.165, 1.54) is 0 Å². The van der Waals surface area contributed by atoms with Crippen LogP contribution in [0.3, 0.4) is 0 Å². The van der Waals surface area contributed by atoms with Gasteiger partial charge in [-0.25, -0.2) is 9.97 Å². The third-order valence-electron chi connectivity index (χ3n) is 2.56. The largest absolute Gasteiger partial charge is 0.377 e. The van der Waals surface area contributed by atoms with Crippen molar-refractivity contribution in [2.75, 3.05) is 24.7 Å². The Morgan fingerprint density at radius 2 is 2.41 bits per heavy atom. The van der Waals surface area contributed by atoms with Gasteiger partial charge in [0.15, 0.2) is 0 Å². The van der Waals surface area contributed by atoms with E-state index in [2.05, 4.69) is 9.97 Å². The molecule has 0 saturated carbocycles. The van der Waals surface area contributed by atoms with Crippen LogP contribution in [0, 0.1) is 6.92 Å². The molecule has 2 N–H and O–H groups in total. The van der Waals surface area contributed by atoms with Gasteiger partial charge in [-0.3, -0.25) is 4.79 Å². The van der Waals surface area contributed by atoms with Gasteiger partial charge >= 0.3 is 0 Å². The summed E-state index contributed by atoms with van der Waals surface area (Å²) >= 11 is 5.80. The molecule has 0 spiro atoms. The molecule has 1 amide bonds. The Morgan fingerprint density at radius 1 is 1.65 bits per heavy atom. The number of primary amides is 1. The molecule has 1 aliphatic rings. The first-order valence-corrected chi connectivity index (χ1v) is 5.60. The highest BCUT2D eigenvalue weighted by molar-refractivity contribution is 6.28. The minimum absolute atomic E-state index is 0.162. The average Bonchev–Trinajstić information content (AvgIpc) is 2.27. The normalized spacial score (nSPS) is 20.4. The highest BCUT2D eigenvalue weighted by atomic mass is 35.5. The fraction of sp³-hybridized carbons (Fsp3) is 0.500. The molecule has 1 aliphatic heterocycles. The molecule has 0 radical (unpaired) electrons. The van der Waals surface area contributed by atoms with E-state index in [9.17, 15) is 4.79 Å². The third-order valence-corrected chi connectivity index (χ3v) is 2.73. The average molecular weight is 257 g/mol. The zero-order valence-electron chi connectivity index (χ0n) is 9.39. The van der Waals surface area contributed by atoms with Crippen molar-refractivity contribution in [3.8, 4) is 0 Å². The maximum absolute atomic E-state index is 11.3. The predicted molar refractivity (Wildman–Crippen MR) is 62.9 cm³/mol. The molecule has 2 heterocycles. The molecule has 1 saturated heterocycles. The van der Waals surface area contributed by atoms with Gasteiger partial charge in [-0.05, 0) is 18.5 Å². The van der Waals surface area contributed by atoms with Crippen LogP contribution in [-0.2, 0) is 9.53 Å². The van der Waals surface area contributed by atoms with Crippen LogP contribution in [0.5, 0.6) is 0 Å². The van der Waals surface area contributed by atoms with E-state index >= 15 is 0 Å². The number of carbonyl (C=O) groups is 1. The first-order valence-electron chi connectivity index (χ1n) is 5.23. The quantitative estimate of drug-likeness (QED) is 0.761. The number of carbonyl (C=O) groups excluding carboxylic acids is 1. The van der Waals surface area contributed by atoms with Crippen molar-refractivity contribution in [1.82, 2.24) is 9.97 Å². The second-order valence-corrected chi connectivity index (χ2v) is 4.16. The summed E-state index contributed by atoms with van der Waals surface area (Å²) < 4.78 is 5.24. The van der Waals surface area contributed by atoms with E-state index in [0.29, 0.717) is 19.0 Å². The molecule has 0 aliphatic carbocycles. The number of amides is 1. The molecule has 0 bridgehead atoms. The van der Waals surface area contributed by atoms with E-state index in [4.69, 9.17) is 22.1 Å². The van der Waals surface area contributed by atoms with Gasteiger partial charge in [0.05, 0.1) is 13.2 Å². The second kappa shape index (κ2) is 4.85. The topological polar surface area (TPSA) is 81.3 Å². The van der Waals surface area contributed by atoms with Crippen molar-refractivity contribution >= 4 is 23.3 Å². The molecule has 17 heavy (non-hydrogen) atoms. The van der Waals surface area contributed by atoms with Crippen LogP contribution < -0.4 is 10.6 Å². The van der Waals surface area contributed by atoms with Gasteiger partial charge in [0, 0.05) is 18.3 Å². The van der Waals surface area contributed by atoms with Crippen molar-refractivity contribution < 1.29 is 9.53 Å². The van der Waals surface area contributed by atoms with Crippen molar-refractivity contribution in [2.24, 2.45) is 5.73 Å². The number of rotatable bonds is 2. The molecule has 1 aromatic heterocycles. The number of morpholine rings is 1. The lowest BCUT2D eigenvalue weighted by Crippen LogP contribution is -2.53. The van der Waals surface area contributed by atoms with Crippen LogP contribution in [0.2, 0.25) is 5.28 Å². The smallest absolute Gasteiger partial charge is 0.242 e. The number of aryl methyl sites for hydroxylation is 1. The maximum Gasteiger partial charge on any atom is 0.242 e. The summed E-state index contributed by atoms with van der Waals surface area (Å²) in [6, 6.07) is 1.27. The summed E-state index contributed by atoms with van der Waals surface area (Å²) in [5.74, 6) is 0.173. The summed E-state index contributed by atoms with van der Waals surface area (Å²) in [5.41, 5.74) is 6.08. The van der Waals surface area contributed by atoms with Crippen molar-refractivity contribution in [3.05, 3.63) is 17.0 Å². The minimum atomic E-state index is -0.505. The number of nitrogens with two attached hydrogens (primary N) is 1. The van der Waals surface area contributed by atoms with E-state index in [1.807, 2.05) is 6.92 Å². The number of hydrogen-bond donors (Lipinski definition) is 1. The van der Waals surface area contributed by atoms with Crippen LogP contribution in [0.25, 0.3) is 0 Å². The molecule has 92 valence electrons. The van der Waals surface area contributed by atoms with Gasteiger partial charge in [0.2, 0.25) is 11.2 Å². The first kappa shape index (κ1) is 12.1. The number of nitrogens with zero attached hydrogens (tertiary/aromatic N) is 3. The van der Waals surface area contributed by atoms with Gasteiger partial charge in [-0.1, -0.05) is 0 Å². The van der Waals surface area contributed by atoms with Crippen LogP contribution in [0.4, 0.5) is 5.82 Å². The number of halogens is 1. The van der Waals surface area contributed by atoms with Gasteiger partial charge < -0.3 is 15.4 Å².